The predicted molar refractivity (Wildman–Crippen MR) is 162 cm³/mol. The SMILES string of the molecule is COc1cc(-n2ncc3cc(-c4ccc(Cl)cc4)sc3c2=O)ccc1OCC(C)(C)OC(=O)CNC(=O)OCC(C)C. The quantitative estimate of drug-likeness (QED) is 0.209. The standard InChI is InChI=1S/C30H32ClN3O7S/c1-18(2)16-39-29(37)32-15-26(35)41-30(3,4)17-40-23-11-10-22(13-24(23)38-5)34-28(36)27-20(14-33-34)12-25(42-27)19-6-8-21(31)9-7-19/h6-14,18H,15-17H2,1-5H3,(H,32,37). The topological polar surface area (TPSA) is 118 Å². The first-order valence-corrected chi connectivity index (χ1v) is 14.4. The van der Waals surface area contributed by atoms with Gasteiger partial charge < -0.3 is 24.3 Å². The highest BCUT2D eigenvalue weighted by molar-refractivity contribution is 7.22. The molecule has 10 nitrogen and oxygen atoms in total. The Kier molecular flexibility index (Phi) is 9.74. The number of rotatable bonds is 11. The Morgan fingerprint density at radius 1 is 1.10 bits per heavy atom. The van der Waals surface area contributed by atoms with Crippen LogP contribution in [0.25, 0.3) is 26.2 Å². The third-order valence-corrected chi connectivity index (χ3v) is 7.31. The van der Waals surface area contributed by atoms with Crippen molar-refractivity contribution >= 4 is 45.1 Å². The van der Waals surface area contributed by atoms with Gasteiger partial charge in [0.15, 0.2) is 11.5 Å². The number of benzene rings is 2. The van der Waals surface area contributed by atoms with Gasteiger partial charge in [0.25, 0.3) is 5.56 Å². The number of nitrogens with zero attached hydrogens (tertiary/aromatic N) is 2. The summed E-state index contributed by atoms with van der Waals surface area (Å²) in [5.74, 6) is 0.295. The molecule has 1 amide bonds. The summed E-state index contributed by atoms with van der Waals surface area (Å²) in [4.78, 5) is 38.2. The third kappa shape index (κ3) is 7.80. The molecule has 0 spiro atoms. The minimum Gasteiger partial charge on any atom is -0.493 e. The molecule has 0 unspecified atom stereocenters. The Bertz CT molecular complexity index is 1630. The number of thiophene rings is 1. The molecule has 0 saturated heterocycles. The van der Waals surface area contributed by atoms with Crippen molar-refractivity contribution in [3.8, 4) is 27.6 Å². The molecule has 0 fully saturated rings. The van der Waals surface area contributed by atoms with E-state index >= 15 is 0 Å². The average molecular weight is 614 g/mol. The Morgan fingerprint density at radius 3 is 2.52 bits per heavy atom. The second-order valence-corrected chi connectivity index (χ2v) is 12.0. The number of esters is 1. The zero-order valence-electron chi connectivity index (χ0n) is 23.9. The van der Waals surface area contributed by atoms with Gasteiger partial charge in [0.05, 0.1) is 25.6 Å². The Hall–Kier alpha value is -4.09. The van der Waals surface area contributed by atoms with Gasteiger partial charge in [-0.2, -0.15) is 9.78 Å². The van der Waals surface area contributed by atoms with Crippen LogP contribution < -0.4 is 20.3 Å². The van der Waals surface area contributed by atoms with E-state index in [0.717, 1.165) is 15.8 Å². The van der Waals surface area contributed by atoms with Crippen LogP contribution in [0.4, 0.5) is 4.79 Å². The lowest BCUT2D eigenvalue weighted by Crippen LogP contribution is -2.39. The smallest absolute Gasteiger partial charge is 0.407 e. The molecular formula is C30H32ClN3O7S. The van der Waals surface area contributed by atoms with E-state index in [4.69, 9.17) is 30.5 Å². The summed E-state index contributed by atoms with van der Waals surface area (Å²) in [5, 5.41) is 8.12. The Balaban J connectivity index is 1.43. The van der Waals surface area contributed by atoms with Gasteiger partial charge >= 0.3 is 12.1 Å². The summed E-state index contributed by atoms with van der Waals surface area (Å²) < 4.78 is 23.7. The molecule has 4 aromatic rings. The van der Waals surface area contributed by atoms with E-state index in [1.54, 1.807) is 38.2 Å². The summed E-state index contributed by atoms with van der Waals surface area (Å²) >= 11 is 7.40. The van der Waals surface area contributed by atoms with Gasteiger partial charge in [-0.25, -0.2) is 4.79 Å². The number of nitrogens with one attached hydrogen (secondary N) is 1. The van der Waals surface area contributed by atoms with Crippen molar-refractivity contribution in [1.29, 1.82) is 0 Å². The maximum absolute atomic E-state index is 13.4. The van der Waals surface area contributed by atoms with Crippen molar-refractivity contribution in [3.63, 3.8) is 0 Å². The monoisotopic (exact) mass is 613 g/mol. The fourth-order valence-electron chi connectivity index (χ4n) is 3.85. The maximum atomic E-state index is 13.4. The van der Waals surface area contributed by atoms with E-state index in [0.29, 0.717) is 26.9 Å². The summed E-state index contributed by atoms with van der Waals surface area (Å²) in [6.07, 6.45) is 0.965. The number of ether oxygens (including phenoxy) is 4. The second kappa shape index (κ2) is 13.3. The van der Waals surface area contributed by atoms with E-state index in [1.165, 1.54) is 23.1 Å². The first-order chi connectivity index (χ1) is 20.0. The van der Waals surface area contributed by atoms with Crippen LogP contribution in [0.3, 0.4) is 0 Å². The highest BCUT2D eigenvalue weighted by Crippen LogP contribution is 2.33. The van der Waals surface area contributed by atoms with Gasteiger partial charge in [0, 0.05) is 21.4 Å². The summed E-state index contributed by atoms with van der Waals surface area (Å²) in [6.45, 7) is 7.09. The molecule has 2 heterocycles. The predicted octanol–water partition coefficient (Wildman–Crippen LogP) is 5.86. The fourth-order valence-corrected chi connectivity index (χ4v) is 5.04. The summed E-state index contributed by atoms with van der Waals surface area (Å²) in [6, 6.07) is 14.4. The molecule has 0 bridgehead atoms. The molecule has 222 valence electrons. The van der Waals surface area contributed by atoms with Gasteiger partial charge in [-0.15, -0.1) is 11.3 Å². The van der Waals surface area contributed by atoms with Gasteiger partial charge in [-0.3, -0.25) is 9.59 Å². The Morgan fingerprint density at radius 2 is 1.83 bits per heavy atom. The van der Waals surface area contributed by atoms with E-state index in [2.05, 4.69) is 10.4 Å². The van der Waals surface area contributed by atoms with Crippen LogP contribution >= 0.6 is 22.9 Å². The Labute approximate surface area is 252 Å². The van der Waals surface area contributed by atoms with Gasteiger partial charge in [0.2, 0.25) is 0 Å². The largest absolute Gasteiger partial charge is 0.493 e. The number of alkyl carbamates (subject to hydrolysis) is 1. The number of amides is 1. The van der Waals surface area contributed by atoms with Crippen LogP contribution in [0.5, 0.6) is 11.5 Å². The second-order valence-electron chi connectivity index (χ2n) is 10.5. The number of methoxy groups -OCH3 is 1. The first kappa shape index (κ1) is 30.9. The van der Waals surface area contributed by atoms with E-state index in [-0.39, 0.29) is 31.2 Å². The average Bonchev–Trinajstić information content (AvgIpc) is 3.39. The summed E-state index contributed by atoms with van der Waals surface area (Å²) in [5.41, 5.74) is 0.176. The fraction of sp³-hybridized carbons (Fsp3) is 0.333. The van der Waals surface area contributed by atoms with Crippen LogP contribution in [0.15, 0.2) is 59.5 Å². The minimum atomic E-state index is -1.02. The van der Waals surface area contributed by atoms with E-state index in [9.17, 15) is 14.4 Å². The zero-order chi connectivity index (χ0) is 30.4. The number of hydrogen-bond donors (Lipinski definition) is 1. The minimum absolute atomic E-state index is 0.000922. The van der Waals surface area contributed by atoms with Crippen molar-refractivity contribution in [2.45, 2.75) is 33.3 Å². The van der Waals surface area contributed by atoms with Gasteiger partial charge in [-0.05, 0) is 55.7 Å². The van der Waals surface area contributed by atoms with Crippen LogP contribution in [0.2, 0.25) is 5.02 Å². The molecule has 2 aromatic carbocycles. The van der Waals surface area contributed by atoms with Crippen LogP contribution in [0.1, 0.15) is 27.7 Å². The highest BCUT2D eigenvalue weighted by Gasteiger charge is 2.25. The lowest BCUT2D eigenvalue weighted by Gasteiger charge is -2.25. The number of fused-ring (bicyclic) bond motifs is 1. The molecule has 2 aromatic heterocycles. The first-order valence-electron chi connectivity index (χ1n) is 13.2. The molecule has 12 heteroatoms. The molecule has 0 saturated carbocycles. The molecule has 0 radical (unpaired) electrons. The highest BCUT2D eigenvalue weighted by atomic mass is 35.5. The zero-order valence-corrected chi connectivity index (χ0v) is 25.5. The van der Waals surface area contributed by atoms with Crippen molar-refractivity contribution < 1.29 is 28.5 Å². The van der Waals surface area contributed by atoms with Crippen molar-refractivity contribution in [2.24, 2.45) is 5.92 Å². The number of hydrogen-bond acceptors (Lipinski definition) is 9. The number of carbonyl (C=O) groups is 2. The van der Waals surface area contributed by atoms with Crippen LogP contribution in [0, 0.1) is 5.92 Å². The molecular weight excluding hydrogens is 582 g/mol. The van der Waals surface area contributed by atoms with Gasteiger partial charge in [0.1, 0.15) is 23.5 Å². The molecule has 0 aliphatic rings. The van der Waals surface area contributed by atoms with Crippen molar-refractivity contribution in [1.82, 2.24) is 15.1 Å². The van der Waals surface area contributed by atoms with Crippen molar-refractivity contribution in [2.75, 3.05) is 26.9 Å². The molecule has 1 N–H and O–H groups in total. The van der Waals surface area contributed by atoms with Crippen LogP contribution in [-0.2, 0) is 14.3 Å². The molecule has 0 aliphatic heterocycles. The lowest BCUT2D eigenvalue weighted by molar-refractivity contribution is -0.157. The van der Waals surface area contributed by atoms with E-state index < -0.39 is 17.7 Å². The number of carbonyl (C=O) groups excluding carboxylic acids is 2. The summed E-state index contributed by atoms with van der Waals surface area (Å²) in [7, 11) is 1.48. The molecule has 42 heavy (non-hydrogen) atoms. The lowest BCUT2D eigenvalue weighted by atomic mass is 10.1. The van der Waals surface area contributed by atoms with Gasteiger partial charge in [-0.1, -0.05) is 37.6 Å². The number of aromatic nitrogens is 2. The molecule has 4 rings (SSSR count). The van der Waals surface area contributed by atoms with E-state index in [1.807, 2.05) is 44.2 Å². The molecule has 0 aliphatic carbocycles. The normalized spacial score (nSPS) is 11.4. The molecule has 0 atom stereocenters. The third-order valence-electron chi connectivity index (χ3n) is 5.87. The van der Waals surface area contributed by atoms with Crippen LogP contribution in [-0.4, -0.2) is 54.3 Å². The number of halogens is 1. The van der Waals surface area contributed by atoms with Crippen molar-refractivity contribution in [3.05, 3.63) is 70.1 Å². The maximum Gasteiger partial charge on any atom is 0.407 e.